The summed E-state index contributed by atoms with van der Waals surface area (Å²) in [4.78, 5) is 10.6. The summed E-state index contributed by atoms with van der Waals surface area (Å²) in [5.41, 5.74) is 1.80. The predicted molar refractivity (Wildman–Crippen MR) is 54.2 cm³/mol. The molecule has 0 aliphatic carbocycles. The van der Waals surface area contributed by atoms with E-state index in [1.165, 1.54) is 6.92 Å². The summed E-state index contributed by atoms with van der Waals surface area (Å²) in [6.45, 7) is 2.24. The zero-order chi connectivity index (χ0) is 10.7. The van der Waals surface area contributed by atoms with Gasteiger partial charge in [0.1, 0.15) is 12.1 Å². The van der Waals surface area contributed by atoms with Gasteiger partial charge in [0.05, 0.1) is 12.1 Å². The van der Waals surface area contributed by atoms with Gasteiger partial charge in [0.15, 0.2) is 0 Å². The standard InChI is InChI=1S/C10H11N3O2/c1-8(14)15-7-6-13-10-5-3-2-4-9(10)11-12-13/h2-5H,6-7H2,1H3. The summed E-state index contributed by atoms with van der Waals surface area (Å²) in [5, 5.41) is 7.96. The quantitative estimate of drug-likeness (QED) is 0.701. The van der Waals surface area contributed by atoms with Crippen molar-refractivity contribution in [3.05, 3.63) is 24.3 Å². The summed E-state index contributed by atoms with van der Waals surface area (Å²) in [7, 11) is 0. The van der Waals surface area contributed by atoms with E-state index in [2.05, 4.69) is 10.3 Å². The molecule has 2 rings (SSSR count). The highest BCUT2D eigenvalue weighted by molar-refractivity contribution is 5.73. The molecule has 0 spiro atoms. The molecule has 15 heavy (non-hydrogen) atoms. The largest absolute Gasteiger partial charge is 0.464 e. The highest BCUT2D eigenvalue weighted by Gasteiger charge is 2.02. The molecule has 1 aromatic heterocycles. The summed E-state index contributed by atoms with van der Waals surface area (Å²) >= 11 is 0. The zero-order valence-corrected chi connectivity index (χ0v) is 8.38. The first-order chi connectivity index (χ1) is 7.27. The van der Waals surface area contributed by atoms with E-state index >= 15 is 0 Å². The van der Waals surface area contributed by atoms with Crippen molar-refractivity contribution in [2.75, 3.05) is 6.61 Å². The van der Waals surface area contributed by atoms with Gasteiger partial charge >= 0.3 is 5.97 Å². The molecule has 0 aliphatic heterocycles. The van der Waals surface area contributed by atoms with Crippen LogP contribution >= 0.6 is 0 Å². The van der Waals surface area contributed by atoms with Crippen molar-refractivity contribution in [2.45, 2.75) is 13.5 Å². The molecule has 0 atom stereocenters. The number of fused-ring (bicyclic) bond motifs is 1. The highest BCUT2D eigenvalue weighted by Crippen LogP contribution is 2.08. The van der Waals surface area contributed by atoms with E-state index in [0.717, 1.165) is 11.0 Å². The number of para-hydroxylation sites is 1. The monoisotopic (exact) mass is 205 g/mol. The Morgan fingerprint density at radius 3 is 3.07 bits per heavy atom. The molecule has 1 aromatic carbocycles. The average Bonchev–Trinajstić information content (AvgIpc) is 2.62. The third kappa shape index (κ3) is 2.12. The van der Waals surface area contributed by atoms with Crippen LogP contribution in [0.4, 0.5) is 0 Å². The van der Waals surface area contributed by atoms with Crippen molar-refractivity contribution in [3.63, 3.8) is 0 Å². The molecular formula is C10H11N3O2. The molecular weight excluding hydrogens is 194 g/mol. The number of ether oxygens (including phenoxy) is 1. The van der Waals surface area contributed by atoms with Crippen LogP contribution in [0.2, 0.25) is 0 Å². The second-order valence-electron chi connectivity index (χ2n) is 3.14. The highest BCUT2D eigenvalue weighted by atomic mass is 16.5. The molecule has 1 heterocycles. The number of aromatic nitrogens is 3. The minimum absolute atomic E-state index is 0.278. The van der Waals surface area contributed by atoms with E-state index in [0.29, 0.717) is 13.2 Å². The summed E-state index contributed by atoms with van der Waals surface area (Å²) in [5.74, 6) is -0.278. The number of benzene rings is 1. The van der Waals surface area contributed by atoms with Crippen molar-refractivity contribution in [1.29, 1.82) is 0 Å². The third-order valence-electron chi connectivity index (χ3n) is 2.03. The van der Waals surface area contributed by atoms with Crippen molar-refractivity contribution in [1.82, 2.24) is 15.0 Å². The Hall–Kier alpha value is -1.91. The number of nitrogens with zero attached hydrogens (tertiary/aromatic N) is 3. The van der Waals surface area contributed by atoms with Crippen molar-refractivity contribution in [3.8, 4) is 0 Å². The van der Waals surface area contributed by atoms with E-state index in [9.17, 15) is 4.79 Å². The van der Waals surface area contributed by atoms with Crippen LogP contribution < -0.4 is 0 Å². The number of hydrogen-bond acceptors (Lipinski definition) is 4. The van der Waals surface area contributed by atoms with Crippen molar-refractivity contribution >= 4 is 17.0 Å². The van der Waals surface area contributed by atoms with Gasteiger partial charge < -0.3 is 4.74 Å². The van der Waals surface area contributed by atoms with Gasteiger partial charge in [-0.1, -0.05) is 17.3 Å². The number of hydrogen-bond donors (Lipinski definition) is 0. The van der Waals surface area contributed by atoms with Crippen LogP contribution in [0.15, 0.2) is 24.3 Å². The number of rotatable bonds is 3. The number of carbonyl (C=O) groups excluding carboxylic acids is 1. The maximum absolute atomic E-state index is 10.6. The Kier molecular flexibility index (Phi) is 2.62. The molecule has 2 aromatic rings. The molecule has 0 fully saturated rings. The van der Waals surface area contributed by atoms with Gasteiger partial charge in [0.2, 0.25) is 0 Å². The van der Waals surface area contributed by atoms with Crippen LogP contribution in [0.25, 0.3) is 11.0 Å². The summed E-state index contributed by atoms with van der Waals surface area (Å²) < 4.78 is 6.56. The molecule has 5 nitrogen and oxygen atoms in total. The van der Waals surface area contributed by atoms with E-state index < -0.39 is 0 Å². The Morgan fingerprint density at radius 2 is 2.27 bits per heavy atom. The minimum Gasteiger partial charge on any atom is -0.464 e. The minimum atomic E-state index is -0.278. The van der Waals surface area contributed by atoms with Crippen LogP contribution in [-0.4, -0.2) is 27.6 Å². The Bertz CT molecular complexity index is 478. The topological polar surface area (TPSA) is 57.0 Å². The maximum Gasteiger partial charge on any atom is 0.302 e. The van der Waals surface area contributed by atoms with Crippen LogP contribution in [0, 0.1) is 0 Å². The van der Waals surface area contributed by atoms with Gasteiger partial charge in [0.25, 0.3) is 0 Å². The lowest BCUT2D eigenvalue weighted by molar-refractivity contribution is -0.141. The number of carbonyl (C=O) groups is 1. The zero-order valence-electron chi connectivity index (χ0n) is 8.38. The molecule has 0 saturated carbocycles. The molecule has 0 saturated heterocycles. The first kappa shape index (κ1) is 9.64. The van der Waals surface area contributed by atoms with Crippen LogP contribution in [0.5, 0.6) is 0 Å². The van der Waals surface area contributed by atoms with Crippen LogP contribution in [0.1, 0.15) is 6.92 Å². The van der Waals surface area contributed by atoms with Gasteiger partial charge in [-0.15, -0.1) is 5.10 Å². The SMILES string of the molecule is CC(=O)OCCn1nnc2ccccc21. The molecule has 0 unspecified atom stereocenters. The molecule has 0 bridgehead atoms. The maximum atomic E-state index is 10.6. The van der Waals surface area contributed by atoms with E-state index in [1.54, 1.807) is 4.68 Å². The lowest BCUT2D eigenvalue weighted by Crippen LogP contribution is -2.09. The van der Waals surface area contributed by atoms with Crippen LogP contribution in [0.3, 0.4) is 0 Å². The van der Waals surface area contributed by atoms with Gasteiger partial charge in [-0.2, -0.15) is 0 Å². The van der Waals surface area contributed by atoms with E-state index in [4.69, 9.17) is 4.74 Å². The first-order valence-corrected chi connectivity index (χ1v) is 4.69. The lowest BCUT2D eigenvalue weighted by atomic mass is 10.3. The molecule has 0 aliphatic rings. The molecule has 0 amide bonds. The van der Waals surface area contributed by atoms with Crippen LogP contribution in [-0.2, 0) is 16.1 Å². The van der Waals surface area contributed by atoms with E-state index in [1.807, 2.05) is 24.3 Å². The normalized spacial score (nSPS) is 10.5. The fourth-order valence-electron chi connectivity index (χ4n) is 1.36. The smallest absolute Gasteiger partial charge is 0.302 e. The molecule has 78 valence electrons. The molecule has 0 radical (unpaired) electrons. The first-order valence-electron chi connectivity index (χ1n) is 4.69. The third-order valence-corrected chi connectivity index (χ3v) is 2.03. The Balaban J connectivity index is 2.11. The predicted octanol–water partition coefficient (Wildman–Crippen LogP) is 0.994. The Labute approximate surface area is 86.6 Å². The summed E-state index contributed by atoms with van der Waals surface area (Å²) in [6, 6.07) is 7.66. The Morgan fingerprint density at radius 1 is 1.47 bits per heavy atom. The molecule has 0 N–H and O–H groups in total. The average molecular weight is 205 g/mol. The van der Waals surface area contributed by atoms with Crippen molar-refractivity contribution in [2.24, 2.45) is 0 Å². The van der Waals surface area contributed by atoms with Crippen molar-refractivity contribution < 1.29 is 9.53 Å². The van der Waals surface area contributed by atoms with Gasteiger partial charge in [-0.05, 0) is 12.1 Å². The van der Waals surface area contributed by atoms with Gasteiger partial charge in [-0.3, -0.25) is 4.79 Å². The fourth-order valence-corrected chi connectivity index (χ4v) is 1.36. The fraction of sp³-hybridized carbons (Fsp3) is 0.300. The second-order valence-corrected chi connectivity index (χ2v) is 3.14. The second kappa shape index (κ2) is 4.08. The summed E-state index contributed by atoms with van der Waals surface area (Å²) in [6.07, 6.45) is 0. The molecule has 5 heteroatoms. The van der Waals surface area contributed by atoms with E-state index in [-0.39, 0.29) is 5.97 Å². The van der Waals surface area contributed by atoms with Gasteiger partial charge in [0, 0.05) is 6.92 Å². The number of esters is 1. The lowest BCUT2D eigenvalue weighted by Gasteiger charge is -2.02. The van der Waals surface area contributed by atoms with Gasteiger partial charge in [-0.25, -0.2) is 4.68 Å².